The maximum atomic E-state index is 11.5. The Hall–Kier alpha value is 0.250. The number of carbonyl (C=O) groups excluding carboxylic acids is 1. The van der Waals surface area contributed by atoms with Gasteiger partial charge in [0.2, 0.25) is 0 Å². The first-order valence-electron chi connectivity index (χ1n) is 4.62. The first kappa shape index (κ1) is 19.8. The summed E-state index contributed by atoms with van der Waals surface area (Å²) in [6.45, 7) is 12.6. The summed E-state index contributed by atoms with van der Waals surface area (Å²) in [6.07, 6.45) is 1.40. The maximum Gasteiger partial charge on any atom is 0.133 e. The van der Waals surface area contributed by atoms with Crippen molar-refractivity contribution in [1.82, 2.24) is 0 Å². The molecule has 0 amide bonds. The van der Waals surface area contributed by atoms with Crippen molar-refractivity contribution in [3.8, 4) is 0 Å². The first-order valence-corrected chi connectivity index (χ1v) is 4.62. The topological polar surface area (TPSA) is 17.1 Å². The van der Waals surface area contributed by atoms with Gasteiger partial charge in [-0.25, -0.2) is 0 Å². The first-order chi connectivity index (χ1) is 5.10. The number of ketones is 1. The minimum atomic E-state index is 0. The van der Waals surface area contributed by atoms with E-state index < -0.39 is 0 Å². The van der Waals surface area contributed by atoms with Crippen molar-refractivity contribution in [1.29, 1.82) is 0 Å². The van der Waals surface area contributed by atoms with E-state index in [9.17, 15) is 4.79 Å². The highest BCUT2D eigenvalue weighted by Gasteiger charge is 2.20. The SMILES string of the molecule is CC(C)(C)CC(=O)CC(C)(C)C.Cl.Cl. The van der Waals surface area contributed by atoms with Crippen LogP contribution in [-0.4, -0.2) is 5.78 Å². The van der Waals surface area contributed by atoms with Crippen LogP contribution in [-0.2, 0) is 4.79 Å². The molecule has 0 aliphatic rings. The molecule has 0 saturated carbocycles. The summed E-state index contributed by atoms with van der Waals surface area (Å²) in [5.41, 5.74) is 0.282. The lowest BCUT2D eigenvalue weighted by atomic mass is 9.83. The quantitative estimate of drug-likeness (QED) is 0.707. The monoisotopic (exact) mass is 242 g/mol. The molecule has 0 saturated heterocycles. The van der Waals surface area contributed by atoms with Crippen LogP contribution in [0.2, 0.25) is 0 Å². The molecule has 0 radical (unpaired) electrons. The van der Waals surface area contributed by atoms with E-state index in [2.05, 4.69) is 41.5 Å². The van der Waals surface area contributed by atoms with Gasteiger partial charge in [-0.15, -0.1) is 24.8 Å². The van der Waals surface area contributed by atoms with E-state index >= 15 is 0 Å². The second kappa shape index (κ2) is 6.68. The third kappa shape index (κ3) is 14.8. The molecule has 0 atom stereocenters. The fraction of sp³-hybridized carbons (Fsp3) is 0.909. The van der Waals surface area contributed by atoms with Crippen LogP contribution < -0.4 is 0 Å². The molecule has 0 aromatic rings. The molecule has 0 aliphatic carbocycles. The van der Waals surface area contributed by atoms with Gasteiger partial charge < -0.3 is 0 Å². The average Bonchev–Trinajstić information content (AvgIpc) is 1.49. The Morgan fingerprint density at radius 1 is 0.786 bits per heavy atom. The lowest BCUT2D eigenvalue weighted by molar-refractivity contribution is -0.122. The van der Waals surface area contributed by atoms with E-state index in [1.165, 1.54) is 0 Å². The zero-order valence-corrected chi connectivity index (χ0v) is 11.8. The molecule has 0 heterocycles. The predicted octanol–water partition coefficient (Wildman–Crippen LogP) is 4.27. The highest BCUT2D eigenvalue weighted by atomic mass is 35.5. The summed E-state index contributed by atoms with van der Waals surface area (Å²) in [7, 11) is 0. The van der Waals surface area contributed by atoms with Crippen molar-refractivity contribution in [3.63, 3.8) is 0 Å². The number of rotatable bonds is 2. The Morgan fingerprint density at radius 3 is 1.14 bits per heavy atom. The number of hydrogen-bond acceptors (Lipinski definition) is 1. The molecule has 0 unspecified atom stereocenters. The molecule has 14 heavy (non-hydrogen) atoms. The molecule has 0 spiro atoms. The largest absolute Gasteiger partial charge is 0.300 e. The Kier molecular flexibility index (Phi) is 9.43. The summed E-state index contributed by atoms with van der Waals surface area (Å²) < 4.78 is 0. The molecule has 0 aliphatic heterocycles. The fourth-order valence-corrected chi connectivity index (χ4v) is 1.25. The third-order valence-electron chi connectivity index (χ3n) is 1.45. The van der Waals surface area contributed by atoms with Gasteiger partial charge in [-0.2, -0.15) is 0 Å². The lowest BCUT2D eigenvalue weighted by Crippen LogP contribution is -2.18. The minimum absolute atomic E-state index is 0. The molecule has 0 rings (SSSR count). The zero-order valence-electron chi connectivity index (χ0n) is 10.1. The van der Waals surface area contributed by atoms with Gasteiger partial charge in [-0.3, -0.25) is 4.79 Å². The summed E-state index contributed by atoms with van der Waals surface area (Å²) in [5.74, 6) is 0.384. The Bertz CT molecular complexity index is 145. The molecule has 0 fully saturated rings. The fourth-order valence-electron chi connectivity index (χ4n) is 1.25. The molecule has 3 heteroatoms. The van der Waals surface area contributed by atoms with Crippen LogP contribution in [0.15, 0.2) is 0 Å². The van der Waals surface area contributed by atoms with Gasteiger partial charge in [0.05, 0.1) is 0 Å². The predicted molar refractivity (Wildman–Crippen MR) is 67.6 cm³/mol. The second-order valence-corrected chi connectivity index (χ2v) is 6.01. The van der Waals surface area contributed by atoms with Crippen molar-refractivity contribution >= 4 is 30.6 Å². The summed E-state index contributed by atoms with van der Waals surface area (Å²) in [4.78, 5) is 11.5. The molecule has 0 bridgehead atoms. The number of carbonyl (C=O) groups is 1. The van der Waals surface area contributed by atoms with Crippen LogP contribution in [0.3, 0.4) is 0 Å². The summed E-state index contributed by atoms with van der Waals surface area (Å²) in [6, 6.07) is 0. The highest BCUT2D eigenvalue weighted by Crippen LogP contribution is 2.25. The van der Waals surface area contributed by atoms with Crippen molar-refractivity contribution < 1.29 is 4.79 Å². The Morgan fingerprint density at radius 2 is 1.00 bits per heavy atom. The van der Waals surface area contributed by atoms with Gasteiger partial charge >= 0.3 is 0 Å². The van der Waals surface area contributed by atoms with Gasteiger partial charge in [0.15, 0.2) is 0 Å². The Balaban J connectivity index is -0.000000605. The van der Waals surface area contributed by atoms with Crippen molar-refractivity contribution in [2.45, 2.75) is 54.4 Å². The number of hydrogen-bond donors (Lipinski definition) is 0. The van der Waals surface area contributed by atoms with E-state index in [0.29, 0.717) is 18.6 Å². The van der Waals surface area contributed by atoms with E-state index in [0.717, 1.165) is 0 Å². The van der Waals surface area contributed by atoms with Crippen LogP contribution >= 0.6 is 24.8 Å². The second-order valence-electron chi connectivity index (χ2n) is 6.01. The van der Waals surface area contributed by atoms with Crippen LogP contribution in [0.1, 0.15) is 54.4 Å². The van der Waals surface area contributed by atoms with Gasteiger partial charge in [-0.1, -0.05) is 41.5 Å². The lowest BCUT2D eigenvalue weighted by Gasteiger charge is -2.21. The van der Waals surface area contributed by atoms with Crippen LogP contribution in [0.5, 0.6) is 0 Å². The Labute approximate surface area is 101 Å². The van der Waals surface area contributed by atoms with E-state index in [1.807, 2.05) is 0 Å². The highest BCUT2D eigenvalue weighted by molar-refractivity contribution is 5.85. The van der Waals surface area contributed by atoms with Crippen molar-refractivity contribution in [2.24, 2.45) is 10.8 Å². The van der Waals surface area contributed by atoms with Crippen LogP contribution in [0, 0.1) is 10.8 Å². The molecular weight excluding hydrogens is 219 g/mol. The van der Waals surface area contributed by atoms with Crippen LogP contribution in [0.4, 0.5) is 0 Å². The average molecular weight is 243 g/mol. The molecule has 88 valence electrons. The third-order valence-corrected chi connectivity index (χ3v) is 1.45. The minimum Gasteiger partial charge on any atom is -0.300 e. The van der Waals surface area contributed by atoms with E-state index in [1.54, 1.807) is 0 Å². The van der Waals surface area contributed by atoms with Crippen LogP contribution in [0.25, 0.3) is 0 Å². The van der Waals surface area contributed by atoms with Gasteiger partial charge in [-0.05, 0) is 10.8 Å². The number of Topliss-reactive ketones (excluding diaryl/α,β-unsaturated/α-hetero) is 1. The molecule has 0 N–H and O–H groups in total. The molecule has 0 aromatic carbocycles. The maximum absolute atomic E-state index is 11.5. The van der Waals surface area contributed by atoms with Crippen molar-refractivity contribution in [3.05, 3.63) is 0 Å². The standard InChI is InChI=1S/C11H22O.2ClH/c1-10(2,3)7-9(12)8-11(4,5)6;;/h7-8H2,1-6H3;2*1H. The smallest absolute Gasteiger partial charge is 0.133 e. The van der Waals surface area contributed by atoms with E-state index in [-0.39, 0.29) is 35.6 Å². The molecule has 0 aromatic heterocycles. The number of halogens is 2. The van der Waals surface area contributed by atoms with E-state index in [4.69, 9.17) is 0 Å². The normalized spacial score (nSPS) is 11.3. The van der Waals surface area contributed by atoms with Gasteiger partial charge in [0.25, 0.3) is 0 Å². The summed E-state index contributed by atoms with van der Waals surface area (Å²) >= 11 is 0. The summed E-state index contributed by atoms with van der Waals surface area (Å²) in [5, 5.41) is 0. The zero-order chi connectivity index (χ0) is 9.99. The van der Waals surface area contributed by atoms with Gasteiger partial charge in [0.1, 0.15) is 5.78 Å². The molecular formula is C11H24Cl2O. The van der Waals surface area contributed by atoms with Gasteiger partial charge in [0, 0.05) is 12.8 Å². The van der Waals surface area contributed by atoms with Crippen molar-refractivity contribution in [2.75, 3.05) is 0 Å². The molecule has 1 nitrogen and oxygen atoms in total.